The van der Waals surface area contributed by atoms with Crippen LogP contribution in [0.25, 0.3) is 0 Å². The summed E-state index contributed by atoms with van der Waals surface area (Å²) in [6.45, 7) is 2.37. The first-order chi connectivity index (χ1) is 8.26. The molecule has 4 nitrogen and oxygen atoms in total. The second-order valence-electron chi connectivity index (χ2n) is 3.72. The summed E-state index contributed by atoms with van der Waals surface area (Å²) in [5, 5.41) is 11.3. The quantitative estimate of drug-likeness (QED) is 0.747. The molecule has 17 heavy (non-hydrogen) atoms. The van der Waals surface area contributed by atoms with Gasteiger partial charge in [0.05, 0.1) is 6.61 Å². The normalized spacial score (nSPS) is 10.0. The predicted molar refractivity (Wildman–Crippen MR) is 67.1 cm³/mol. The molecule has 0 saturated heterocycles. The standard InChI is InChI=1S/C13H19NO3/c1-2-17-13(16)14-12-8-6-11(7-9-12)5-3-4-10-15/h6-9,15H,2-5,10H2,1H3,(H,14,16). The number of amides is 1. The highest BCUT2D eigenvalue weighted by atomic mass is 16.5. The lowest BCUT2D eigenvalue weighted by Crippen LogP contribution is -2.13. The van der Waals surface area contributed by atoms with Crippen molar-refractivity contribution in [3.8, 4) is 0 Å². The van der Waals surface area contributed by atoms with E-state index in [0.29, 0.717) is 6.61 Å². The molecule has 0 saturated carbocycles. The molecule has 0 heterocycles. The maximum absolute atomic E-state index is 11.1. The molecule has 0 aromatic heterocycles. The first kappa shape index (κ1) is 13.5. The van der Waals surface area contributed by atoms with E-state index < -0.39 is 6.09 Å². The van der Waals surface area contributed by atoms with Crippen molar-refractivity contribution >= 4 is 11.8 Å². The minimum Gasteiger partial charge on any atom is -0.450 e. The molecule has 0 aliphatic heterocycles. The van der Waals surface area contributed by atoms with Crippen LogP contribution in [0.5, 0.6) is 0 Å². The van der Waals surface area contributed by atoms with Gasteiger partial charge in [-0.1, -0.05) is 12.1 Å². The van der Waals surface area contributed by atoms with Gasteiger partial charge in [0, 0.05) is 12.3 Å². The van der Waals surface area contributed by atoms with Crippen LogP contribution in [0.4, 0.5) is 10.5 Å². The number of aliphatic hydroxyl groups excluding tert-OH is 1. The van der Waals surface area contributed by atoms with E-state index in [-0.39, 0.29) is 6.61 Å². The Balaban J connectivity index is 2.41. The fourth-order valence-corrected chi connectivity index (χ4v) is 1.48. The number of rotatable bonds is 6. The summed E-state index contributed by atoms with van der Waals surface area (Å²) in [5.74, 6) is 0. The van der Waals surface area contributed by atoms with Gasteiger partial charge in [-0.2, -0.15) is 0 Å². The maximum atomic E-state index is 11.1. The zero-order valence-electron chi connectivity index (χ0n) is 10.1. The lowest BCUT2D eigenvalue weighted by Gasteiger charge is -2.06. The number of hydrogen-bond donors (Lipinski definition) is 2. The van der Waals surface area contributed by atoms with Gasteiger partial charge in [0.1, 0.15) is 0 Å². The first-order valence-corrected chi connectivity index (χ1v) is 5.90. The summed E-state index contributed by atoms with van der Waals surface area (Å²) in [6, 6.07) is 7.65. The molecule has 94 valence electrons. The van der Waals surface area contributed by atoms with Gasteiger partial charge < -0.3 is 9.84 Å². The average molecular weight is 237 g/mol. The Morgan fingerprint density at radius 2 is 2.00 bits per heavy atom. The van der Waals surface area contributed by atoms with Crippen LogP contribution in [-0.4, -0.2) is 24.4 Å². The van der Waals surface area contributed by atoms with Crippen LogP contribution in [-0.2, 0) is 11.2 Å². The van der Waals surface area contributed by atoms with Crippen LogP contribution in [0.1, 0.15) is 25.3 Å². The van der Waals surface area contributed by atoms with Crippen molar-refractivity contribution in [2.75, 3.05) is 18.5 Å². The maximum Gasteiger partial charge on any atom is 0.411 e. The van der Waals surface area contributed by atoms with E-state index in [1.807, 2.05) is 24.3 Å². The van der Waals surface area contributed by atoms with E-state index in [9.17, 15) is 4.79 Å². The second-order valence-corrected chi connectivity index (χ2v) is 3.72. The molecule has 1 amide bonds. The Morgan fingerprint density at radius 3 is 2.59 bits per heavy atom. The molecule has 0 aliphatic rings. The lowest BCUT2D eigenvalue weighted by molar-refractivity contribution is 0.168. The van der Waals surface area contributed by atoms with Crippen molar-refractivity contribution in [1.29, 1.82) is 0 Å². The van der Waals surface area contributed by atoms with Crippen molar-refractivity contribution in [2.45, 2.75) is 26.2 Å². The number of ether oxygens (including phenoxy) is 1. The van der Waals surface area contributed by atoms with Crippen LogP contribution in [0, 0.1) is 0 Å². The largest absolute Gasteiger partial charge is 0.450 e. The minimum atomic E-state index is -0.430. The molecule has 0 atom stereocenters. The van der Waals surface area contributed by atoms with E-state index in [1.54, 1.807) is 6.92 Å². The number of benzene rings is 1. The van der Waals surface area contributed by atoms with E-state index >= 15 is 0 Å². The van der Waals surface area contributed by atoms with Crippen LogP contribution >= 0.6 is 0 Å². The molecular formula is C13H19NO3. The Bertz CT molecular complexity index is 335. The molecule has 0 unspecified atom stereocenters. The van der Waals surface area contributed by atoms with Crippen LogP contribution in [0.2, 0.25) is 0 Å². The highest BCUT2D eigenvalue weighted by molar-refractivity contribution is 5.84. The predicted octanol–water partition coefficient (Wildman–Crippen LogP) is 2.57. The molecule has 0 fully saturated rings. The molecule has 2 N–H and O–H groups in total. The summed E-state index contributed by atoms with van der Waals surface area (Å²) >= 11 is 0. The van der Waals surface area contributed by atoms with Crippen molar-refractivity contribution in [3.63, 3.8) is 0 Å². The van der Waals surface area contributed by atoms with Crippen molar-refractivity contribution < 1.29 is 14.6 Å². The van der Waals surface area contributed by atoms with Gasteiger partial charge in [-0.3, -0.25) is 5.32 Å². The summed E-state index contributed by atoms with van der Waals surface area (Å²) in [4.78, 5) is 11.1. The lowest BCUT2D eigenvalue weighted by atomic mass is 10.1. The number of unbranched alkanes of at least 4 members (excludes halogenated alkanes) is 1. The van der Waals surface area contributed by atoms with Crippen LogP contribution in [0.15, 0.2) is 24.3 Å². The van der Waals surface area contributed by atoms with Crippen molar-refractivity contribution in [1.82, 2.24) is 0 Å². The molecule has 1 rings (SSSR count). The molecule has 1 aromatic carbocycles. The molecule has 4 heteroatoms. The number of nitrogens with one attached hydrogen (secondary N) is 1. The zero-order chi connectivity index (χ0) is 12.5. The summed E-state index contributed by atoms with van der Waals surface area (Å²) in [6.07, 6.45) is 2.31. The SMILES string of the molecule is CCOC(=O)Nc1ccc(CCCCO)cc1. The summed E-state index contributed by atoms with van der Waals surface area (Å²) < 4.78 is 4.78. The fraction of sp³-hybridized carbons (Fsp3) is 0.462. The molecule has 0 radical (unpaired) electrons. The number of aliphatic hydroxyl groups is 1. The molecule has 0 aliphatic carbocycles. The van der Waals surface area contributed by atoms with Gasteiger partial charge >= 0.3 is 6.09 Å². The highest BCUT2D eigenvalue weighted by Gasteiger charge is 2.01. The van der Waals surface area contributed by atoms with E-state index in [4.69, 9.17) is 9.84 Å². The Hall–Kier alpha value is -1.55. The van der Waals surface area contributed by atoms with Gasteiger partial charge in [-0.05, 0) is 43.9 Å². The van der Waals surface area contributed by atoms with Gasteiger partial charge in [0.25, 0.3) is 0 Å². The molecule has 0 bridgehead atoms. The number of aryl methyl sites for hydroxylation is 1. The monoisotopic (exact) mass is 237 g/mol. The second kappa shape index (κ2) is 7.68. The van der Waals surface area contributed by atoms with E-state index in [2.05, 4.69) is 5.32 Å². The summed E-state index contributed by atoms with van der Waals surface area (Å²) in [5.41, 5.74) is 1.93. The highest BCUT2D eigenvalue weighted by Crippen LogP contribution is 2.11. The summed E-state index contributed by atoms with van der Waals surface area (Å²) in [7, 11) is 0. The molecule has 1 aromatic rings. The van der Waals surface area contributed by atoms with Gasteiger partial charge in [0.2, 0.25) is 0 Å². The van der Waals surface area contributed by atoms with Gasteiger partial charge in [0.15, 0.2) is 0 Å². The Morgan fingerprint density at radius 1 is 1.29 bits per heavy atom. The third kappa shape index (κ3) is 5.36. The molecule has 0 spiro atoms. The smallest absolute Gasteiger partial charge is 0.411 e. The number of anilines is 1. The first-order valence-electron chi connectivity index (χ1n) is 5.90. The van der Waals surface area contributed by atoms with E-state index in [0.717, 1.165) is 24.9 Å². The minimum absolute atomic E-state index is 0.239. The van der Waals surface area contributed by atoms with Gasteiger partial charge in [-0.25, -0.2) is 4.79 Å². The van der Waals surface area contributed by atoms with Crippen LogP contribution < -0.4 is 5.32 Å². The number of carbonyl (C=O) groups excluding carboxylic acids is 1. The van der Waals surface area contributed by atoms with E-state index in [1.165, 1.54) is 5.56 Å². The third-order valence-corrected chi connectivity index (χ3v) is 2.35. The zero-order valence-corrected chi connectivity index (χ0v) is 10.1. The Kier molecular flexibility index (Phi) is 6.10. The average Bonchev–Trinajstić information content (AvgIpc) is 2.32. The number of carbonyl (C=O) groups is 1. The topological polar surface area (TPSA) is 58.6 Å². The molecular weight excluding hydrogens is 218 g/mol. The third-order valence-electron chi connectivity index (χ3n) is 2.35. The van der Waals surface area contributed by atoms with Crippen molar-refractivity contribution in [2.24, 2.45) is 0 Å². The van der Waals surface area contributed by atoms with Gasteiger partial charge in [-0.15, -0.1) is 0 Å². The fourth-order valence-electron chi connectivity index (χ4n) is 1.48. The van der Waals surface area contributed by atoms with Crippen LogP contribution in [0.3, 0.4) is 0 Å². The Labute approximate surface area is 102 Å². The van der Waals surface area contributed by atoms with Crippen molar-refractivity contribution in [3.05, 3.63) is 29.8 Å². The number of hydrogen-bond acceptors (Lipinski definition) is 3.